The van der Waals surface area contributed by atoms with Crippen molar-refractivity contribution in [3.63, 3.8) is 0 Å². The number of ether oxygens (including phenoxy) is 5. The van der Waals surface area contributed by atoms with Crippen LogP contribution in [0.15, 0.2) is 30.3 Å². The first-order valence-corrected chi connectivity index (χ1v) is 24.1. The van der Waals surface area contributed by atoms with Crippen LogP contribution >= 0.6 is 0 Å². The lowest BCUT2D eigenvalue weighted by Gasteiger charge is -2.50. The fourth-order valence-electron chi connectivity index (χ4n) is 11.2. The molecule has 5 aliphatic heterocycles. The van der Waals surface area contributed by atoms with Crippen LogP contribution in [0.4, 0.5) is 0 Å². The van der Waals surface area contributed by atoms with Crippen LogP contribution < -0.4 is 5.32 Å². The number of fused-ring (bicyclic) bond motifs is 5. The first kappa shape index (κ1) is 46.1. The zero-order valence-corrected chi connectivity index (χ0v) is 38.1. The molecule has 1 aromatic rings. The molecule has 14 nitrogen and oxygen atoms in total. The van der Waals surface area contributed by atoms with E-state index in [2.05, 4.69) is 43.4 Å². The number of carbonyl (C=O) groups excluding carboxylic acids is 4. The van der Waals surface area contributed by atoms with E-state index < -0.39 is 77.2 Å². The van der Waals surface area contributed by atoms with Gasteiger partial charge in [-0.3, -0.25) is 24.0 Å². The summed E-state index contributed by atoms with van der Waals surface area (Å²) < 4.78 is 31.6. The van der Waals surface area contributed by atoms with Crippen molar-refractivity contribution in [1.82, 2.24) is 15.3 Å². The van der Waals surface area contributed by atoms with Crippen molar-refractivity contribution in [3.8, 4) is 0 Å². The number of hydrogen-bond donors (Lipinski definition) is 2. The van der Waals surface area contributed by atoms with Gasteiger partial charge in [-0.1, -0.05) is 75.9 Å². The van der Waals surface area contributed by atoms with E-state index in [1.807, 2.05) is 12.1 Å². The maximum Gasteiger partial charge on any atom is 0.327 e. The first-order chi connectivity index (χ1) is 30.3. The van der Waals surface area contributed by atoms with Gasteiger partial charge in [-0.2, -0.15) is 5.06 Å². The molecule has 2 saturated carbocycles. The molecule has 5 heterocycles. The number of hydroxylamine groups is 2. The smallest absolute Gasteiger partial charge is 0.327 e. The Hall–Kier alpha value is -3.40. The molecule has 5 saturated heterocycles. The summed E-state index contributed by atoms with van der Waals surface area (Å²) in [6.07, 6.45) is 14.3. The number of carbonyl (C=O) groups is 4. The monoisotopic (exact) mass is 878 g/mol. The number of aliphatic hydroxyl groups excluding tert-OH is 1. The summed E-state index contributed by atoms with van der Waals surface area (Å²) in [5.41, 5.74) is -0.134. The third-order valence-corrected chi connectivity index (χ3v) is 14.4. The SMILES string of the molecule is CCCCCC1(CCCCC)O[C@@H]2[C@H](O1)[C@H]1ON(Cc3cccc(C=CC4CCC5OC5C4)c3)[C@@H]3C(=O)O[C@@H]2C[C@]13C(=O)N1CCC[C@@H]1C(=O)N[C@H](CO)CCC(=O)OC(C)(C)C. The second kappa shape index (κ2) is 19.2. The minimum Gasteiger partial charge on any atom is -0.460 e. The number of hydrogen-bond acceptors (Lipinski definition) is 12. The van der Waals surface area contributed by atoms with Crippen LogP contribution in [0.3, 0.4) is 0 Å². The number of nitrogens with zero attached hydrogens (tertiary/aromatic N) is 2. The highest BCUT2D eigenvalue weighted by Gasteiger charge is 2.77. The summed E-state index contributed by atoms with van der Waals surface area (Å²) in [5, 5.41) is 14.8. The molecule has 3 unspecified atom stereocenters. The van der Waals surface area contributed by atoms with Gasteiger partial charge in [0.05, 0.1) is 31.4 Å². The molecule has 2 N–H and O–H groups in total. The molecule has 8 rings (SSSR count). The Labute approximate surface area is 373 Å². The molecule has 1 aromatic carbocycles. The fraction of sp³-hybridized carbons (Fsp3) is 0.755. The number of nitrogens with one attached hydrogen (secondary N) is 1. The lowest BCUT2D eigenvalue weighted by atomic mass is 9.62. The van der Waals surface area contributed by atoms with Crippen molar-refractivity contribution < 1.29 is 52.8 Å². The van der Waals surface area contributed by atoms with Gasteiger partial charge >= 0.3 is 11.9 Å². The predicted molar refractivity (Wildman–Crippen MR) is 232 cm³/mol. The molecule has 63 heavy (non-hydrogen) atoms. The van der Waals surface area contributed by atoms with Gasteiger partial charge in [-0.15, -0.1) is 0 Å². The van der Waals surface area contributed by atoms with Gasteiger partial charge < -0.3 is 39.0 Å². The third kappa shape index (κ3) is 9.92. The average molecular weight is 878 g/mol. The van der Waals surface area contributed by atoms with E-state index >= 15 is 4.79 Å². The molecule has 11 atom stereocenters. The van der Waals surface area contributed by atoms with Crippen molar-refractivity contribution in [2.75, 3.05) is 13.2 Å². The number of likely N-dealkylation sites (tertiary alicyclic amines) is 1. The Balaban J connectivity index is 1.07. The fourth-order valence-corrected chi connectivity index (χ4v) is 11.2. The molecule has 2 aliphatic carbocycles. The molecule has 14 heteroatoms. The normalized spacial score (nSPS) is 33.5. The summed E-state index contributed by atoms with van der Waals surface area (Å²) in [6, 6.07) is 5.50. The van der Waals surface area contributed by atoms with Crippen LogP contribution in [-0.4, -0.2) is 118 Å². The van der Waals surface area contributed by atoms with Gasteiger partial charge in [0.15, 0.2) is 11.8 Å². The molecule has 7 aliphatic rings. The Kier molecular flexibility index (Phi) is 14.1. The van der Waals surface area contributed by atoms with Crippen molar-refractivity contribution in [1.29, 1.82) is 0 Å². The van der Waals surface area contributed by atoms with Crippen LogP contribution in [0.25, 0.3) is 6.08 Å². The molecule has 348 valence electrons. The van der Waals surface area contributed by atoms with Gasteiger partial charge in [0.25, 0.3) is 0 Å². The van der Waals surface area contributed by atoms with Crippen LogP contribution in [-0.2, 0) is 54.2 Å². The van der Waals surface area contributed by atoms with Crippen LogP contribution in [0.5, 0.6) is 0 Å². The number of unbranched alkanes of at least 4 members (excludes halogenated alkanes) is 4. The summed E-state index contributed by atoms with van der Waals surface area (Å²) in [7, 11) is 0. The van der Waals surface area contributed by atoms with E-state index in [1.165, 1.54) is 0 Å². The summed E-state index contributed by atoms with van der Waals surface area (Å²) in [5.74, 6) is -2.15. The number of aliphatic hydroxyl groups is 1. The van der Waals surface area contributed by atoms with E-state index in [4.69, 9.17) is 28.5 Å². The van der Waals surface area contributed by atoms with Gasteiger partial charge in [0, 0.05) is 32.2 Å². The minimum atomic E-state index is -1.43. The van der Waals surface area contributed by atoms with Crippen molar-refractivity contribution in [3.05, 3.63) is 41.5 Å². The zero-order chi connectivity index (χ0) is 44.5. The second-order valence-electron chi connectivity index (χ2n) is 20.3. The quantitative estimate of drug-likeness (QED) is 0.0907. The predicted octanol–water partition coefficient (Wildman–Crippen LogP) is 6.30. The van der Waals surface area contributed by atoms with Gasteiger partial charge in [0.1, 0.15) is 41.5 Å². The number of benzene rings is 1. The third-order valence-electron chi connectivity index (χ3n) is 14.4. The maximum atomic E-state index is 15.6. The molecule has 0 spiro atoms. The Morgan fingerprint density at radius 2 is 1.76 bits per heavy atom. The van der Waals surface area contributed by atoms with Gasteiger partial charge in [-0.25, -0.2) is 0 Å². The molecule has 7 fully saturated rings. The highest BCUT2D eigenvalue weighted by Crippen LogP contribution is 2.59. The number of amides is 2. The largest absolute Gasteiger partial charge is 0.460 e. The van der Waals surface area contributed by atoms with Crippen molar-refractivity contribution >= 4 is 29.8 Å². The van der Waals surface area contributed by atoms with E-state index in [0.717, 1.165) is 68.9 Å². The van der Waals surface area contributed by atoms with Gasteiger partial charge in [0.2, 0.25) is 11.8 Å². The highest BCUT2D eigenvalue weighted by molar-refractivity contribution is 5.96. The minimum absolute atomic E-state index is 0.0121. The zero-order valence-electron chi connectivity index (χ0n) is 38.1. The van der Waals surface area contributed by atoms with Crippen molar-refractivity contribution in [2.24, 2.45) is 11.3 Å². The van der Waals surface area contributed by atoms with E-state index in [1.54, 1.807) is 30.7 Å². The maximum absolute atomic E-state index is 15.6. The molecule has 2 amide bonds. The average Bonchev–Trinajstić information content (AvgIpc) is 3.51. The van der Waals surface area contributed by atoms with Crippen LogP contribution in [0.1, 0.15) is 148 Å². The first-order valence-electron chi connectivity index (χ1n) is 24.1. The van der Waals surface area contributed by atoms with Gasteiger partial charge in [-0.05, 0) is 89.2 Å². The number of rotatable bonds is 19. The Morgan fingerprint density at radius 1 is 1.00 bits per heavy atom. The molecular formula is C49H71N3O11. The Morgan fingerprint density at radius 3 is 2.48 bits per heavy atom. The molecule has 2 bridgehead atoms. The lowest BCUT2D eigenvalue weighted by Crippen LogP contribution is -2.70. The molecular weight excluding hydrogens is 807 g/mol. The molecule has 0 radical (unpaired) electrons. The van der Waals surface area contributed by atoms with E-state index in [9.17, 15) is 19.5 Å². The van der Waals surface area contributed by atoms with E-state index in [0.29, 0.717) is 50.4 Å². The van der Waals surface area contributed by atoms with E-state index in [-0.39, 0.29) is 38.3 Å². The second-order valence-corrected chi connectivity index (χ2v) is 20.3. The standard InChI is InChI=1S/C49H71N3O11/c1-6-8-10-23-48(24-11-9-7-2)61-40-38-28-49(46(57)51-25-13-16-35(51)44(55)50-34(30-53)20-22-39(54)60-47(3,4)5)42(45(56)59-38)52(63-43(49)41(40)62-48)29-33-15-12-14-31(26-33)17-18-32-19-21-36-37(27-32)58-36/h12,14-15,17-18,26,32,34-38,40-43,53H,6-11,13,16,19-25,27-30H2,1-5H3,(H,50,55)/t32?,34-,35+,36?,37?,38+,40-,41-,42+,43+,49+/m0/s1. The summed E-state index contributed by atoms with van der Waals surface area (Å²) >= 11 is 0. The number of esters is 2. The van der Waals surface area contributed by atoms with Crippen molar-refractivity contribution in [2.45, 2.75) is 210 Å². The van der Waals surface area contributed by atoms with Crippen LogP contribution in [0, 0.1) is 11.3 Å². The Bertz CT molecular complexity index is 1840. The number of allylic oxidation sites excluding steroid dienone is 1. The topological polar surface area (TPSA) is 166 Å². The number of epoxide rings is 1. The summed E-state index contributed by atoms with van der Waals surface area (Å²) in [6.45, 7) is 9.84. The molecule has 0 aromatic heterocycles. The summed E-state index contributed by atoms with van der Waals surface area (Å²) in [4.78, 5) is 65.4. The highest BCUT2D eigenvalue weighted by atomic mass is 16.8. The lowest BCUT2D eigenvalue weighted by molar-refractivity contribution is -0.225. The van der Waals surface area contributed by atoms with Crippen LogP contribution in [0.2, 0.25) is 0 Å².